The highest BCUT2D eigenvalue weighted by Crippen LogP contribution is 2.46. The van der Waals surface area contributed by atoms with Gasteiger partial charge in [-0.15, -0.1) is 11.3 Å². The molecule has 10 heteroatoms. The molecule has 1 fully saturated rings. The van der Waals surface area contributed by atoms with Gasteiger partial charge in [-0.3, -0.25) is 14.5 Å². The van der Waals surface area contributed by atoms with Gasteiger partial charge in [0, 0.05) is 10.8 Å². The van der Waals surface area contributed by atoms with Crippen molar-refractivity contribution in [2.24, 2.45) is 17.8 Å². The minimum absolute atomic E-state index is 0.0896. The zero-order valence-corrected chi connectivity index (χ0v) is 24.9. The zero-order valence-electron chi connectivity index (χ0n) is 22.0. The maximum absolute atomic E-state index is 13.4. The van der Waals surface area contributed by atoms with E-state index in [4.69, 9.17) is 4.74 Å². The van der Waals surface area contributed by atoms with Gasteiger partial charge in [-0.05, 0) is 88.6 Å². The predicted molar refractivity (Wildman–Crippen MR) is 157 cm³/mol. The fourth-order valence-electron chi connectivity index (χ4n) is 5.78. The number of ether oxygens (including phenoxy) is 1. The summed E-state index contributed by atoms with van der Waals surface area (Å²) in [6.45, 7) is 1.47. The summed E-state index contributed by atoms with van der Waals surface area (Å²) in [6, 6.07) is 7.35. The Kier molecular flexibility index (Phi) is 9.87. The number of aliphatic hydroxyl groups is 3. The molecule has 0 saturated carbocycles. The highest BCUT2D eigenvalue weighted by molar-refractivity contribution is 14.1. The average Bonchev–Trinajstić information content (AvgIpc) is 3.54. The third-order valence-corrected chi connectivity index (χ3v) is 9.43. The maximum atomic E-state index is 13.4. The van der Waals surface area contributed by atoms with Crippen LogP contribution in [0.1, 0.15) is 43.0 Å². The number of halogens is 1. The largest absolute Gasteiger partial charge is 0.504 e. The lowest BCUT2D eigenvalue weighted by Crippen LogP contribution is -2.39. The number of carbonyl (C=O) groups excluding carboxylic acids is 2. The monoisotopic (exact) mass is 667 g/mol. The van der Waals surface area contributed by atoms with Gasteiger partial charge in [-0.1, -0.05) is 24.6 Å². The fraction of sp³-hybridized carbons (Fsp3) is 0.448. The number of hydrogen-bond acceptors (Lipinski definition) is 8. The quantitative estimate of drug-likeness (QED) is 0.162. The Morgan fingerprint density at radius 3 is 2.67 bits per heavy atom. The van der Waals surface area contributed by atoms with Crippen molar-refractivity contribution < 1.29 is 34.8 Å². The Balaban J connectivity index is 1.54. The molecule has 2 amide bonds. The molecule has 0 unspecified atom stereocenters. The Hall–Kier alpha value is -2.25. The Labute approximate surface area is 245 Å². The van der Waals surface area contributed by atoms with E-state index < -0.39 is 30.5 Å². The first-order valence-corrected chi connectivity index (χ1v) is 14.9. The van der Waals surface area contributed by atoms with Crippen molar-refractivity contribution in [3.63, 3.8) is 0 Å². The van der Waals surface area contributed by atoms with E-state index in [0.717, 1.165) is 22.4 Å². The molecule has 8 nitrogen and oxygen atoms in total. The summed E-state index contributed by atoms with van der Waals surface area (Å²) in [4.78, 5) is 28.8. The Morgan fingerprint density at radius 2 is 2.05 bits per heavy atom. The number of imide groups is 1. The van der Waals surface area contributed by atoms with Gasteiger partial charge in [0.25, 0.3) is 0 Å². The van der Waals surface area contributed by atoms with Crippen molar-refractivity contribution in [2.45, 2.75) is 45.3 Å². The first-order chi connectivity index (χ1) is 18.7. The number of carbonyl (C=O) groups is 2. The van der Waals surface area contributed by atoms with Crippen LogP contribution < -0.4 is 4.74 Å². The Bertz CT molecular complexity index is 1270. The second-order valence-electron chi connectivity index (χ2n) is 9.95. The molecule has 210 valence electrons. The molecule has 4 rings (SSSR count). The summed E-state index contributed by atoms with van der Waals surface area (Å²) in [7, 11) is 1.50. The summed E-state index contributed by atoms with van der Waals surface area (Å²) in [6.07, 6.45) is 2.82. The van der Waals surface area contributed by atoms with E-state index in [1.165, 1.54) is 23.3 Å². The topological polar surface area (TPSA) is 128 Å². The third kappa shape index (κ3) is 6.09. The predicted octanol–water partition coefficient (Wildman–Crippen LogP) is 4.10. The summed E-state index contributed by atoms with van der Waals surface area (Å²) in [5, 5.41) is 43.9. The molecule has 2 aliphatic rings. The van der Waals surface area contributed by atoms with Crippen LogP contribution in [-0.2, 0) is 16.1 Å². The molecule has 4 N–H and O–H groups in total. The van der Waals surface area contributed by atoms with Crippen LogP contribution in [0.15, 0.2) is 46.4 Å². The van der Waals surface area contributed by atoms with Gasteiger partial charge >= 0.3 is 0 Å². The maximum Gasteiger partial charge on any atom is 0.234 e. The lowest BCUT2D eigenvalue weighted by atomic mass is 9.68. The molecule has 1 saturated heterocycles. The number of hydrogen-bond donors (Lipinski definition) is 4. The standard InChI is InChI=1S/C29H34INO7S/c1-3-16(9-17-10-22(30)27(35)24(11-17)38-2)6-7-23(34)25-18(14-32)12-20-26(21(25)15-33)29(37)31(28(20)36)13-19-5-4-8-39-19/h4-5,8-11,20-21,23,26,32-35H,3,6-7,12-15H2,1-2H3/b16-9+/t20-,21+,23-,26-/m1/s1. The first kappa shape index (κ1) is 29.7. The van der Waals surface area contributed by atoms with Crippen molar-refractivity contribution >= 4 is 51.8 Å². The molecule has 4 atom stereocenters. The summed E-state index contributed by atoms with van der Waals surface area (Å²) in [5.74, 6) is -2.28. The summed E-state index contributed by atoms with van der Waals surface area (Å²) >= 11 is 3.52. The van der Waals surface area contributed by atoms with Gasteiger partial charge in [-0.2, -0.15) is 0 Å². The summed E-state index contributed by atoms with van der Waals surface area (Å²) < 4.78 is 5.93. The highest BCUT2D eigenvalue weighted by atomic mass is 127. The van der Waals surface area contributed by atoms with Gasteiger partial charge < -0.3 is 25.2 Å². The van der Waals surface area contributed by atoms with Crippen LogP contribution in [0.4, 0.5) is 0 Å². The molecule has 2 heterocycles. The lowest BCUT2D eigenvalue weighted by molar-refractivity contribution is -0.140. The molecule has 1 aliphatic heterocycles. The Morgan fingerprint density at radius 1 is 1.28 bits per heavy atom. The second kappa shape index (κ2) is 12.9. The second-order valence-corrected chi connectivity index (χ2v) is 12.1. The molecular formula is C29H34INO7S. The molecule has 1 aromatic carbocycles. The number of phenols is 1. The number of benzene rings is 1. The number of fused-ring (bicyclic) bond motifs is 1. The van der Waals surface area contributed by atoms with Crippen LogP contribution in [0.25, 0.3) is 6.08 Å². The number of phenolic OH excluding ortho intramolecular Hbond substituents is 1. The van der Waals surface area contributed by atoms with E-state index in [9.17, 15) is 30.0 Å². The van der Waals surface area contributed by atoms with Crippen LogP contribution in [0, 0.1) is 21.3 Å². The van der Waals surface area contributed by atoms with Crippen LogP contribution in [-0.4, -0.2) is 63.6 Å². The summed E-state index contributed by atoms with van der Waals surface area (Å²) in [5.41, 5.74) is 2.94. The van der Waals surface area contributed by atoms with Crippen molar-refractivity contribution in [3.05, 3.63) is 60.4 Å². The number of amides is 2. The van der Waals surface area contributed by atoms with E-state index in [2.05, 4.69) is 0 Å². The zero-order chi connectivity index (χ0) is 28.3. The molecule has 0 radical (unpaired) electrons. The number of aromatic hydroxyl groups is 1. The molecule has 1 aromatic heterocycles. The number of allylic oxidation sites excluding steroid dienone is 1. The number of nitrogens with zero attached hydrogens (tertiary/aromatic N) is 1. The minimum atomic E-state index is -0.982. The highest BCUT2D eigenvalue weighted by Gasteiger charge is 2.54. The molecule has 0 spiro atoms. The van der Waals surface area contributed by atoms with E-state index in [-0.39, 0.29) is 37.1 Å². The van der Waals surface area contributed by atoms with Gasteiger partial charge in [0.05, 0.1) is 48.4 Å². The minimum Gasteiger partial charge on any atom is -0.504 e. The number of methoxy groups -OCH3 is 1. The van der Waals surface area contributed by atoms with Crippen LogP contribution in [0.2, 0.25) is 0 Å². The van der Waals surface area contributed by atoms with Gasteiger partial charge in [0.2, 0.25) is 11.8 Å². The normalized spacial score (nSPS) is 22.5. The molecule has 39 heavy (non-hydrogen) atoms. The van der Waals surface area contributed by atoms with Crippen molar-refractivity contribution in [1.82, 2.24) is 4.90 Å². The molecule has 1 aliphatic carbocycles. The van der Waals surface area contributed by atoms with E-state index in [0.29, 0.717) is 33.3 Å². The van der Waals surface area contributed by atoms with Crippen molar-refractivity contribution in [2.75, 3.05) is 20.3 Å². The van der Waals surface area contributed by atoms with Gasteiger partial charge in [0.1, 0.15) is 0 Å². The first-order valence-electron chi connectivity index (χ1n) is 13.0. The SMILES string of the molecule is CC/C(=C\c1cc(I)c(O)c(OC)c1)CC[C@@H](O)C1=C(CO)C[C@H]2C(=O)N(Cc3cccs3)C(=O)[C@H]2[C@H]1CO. The third-order valence-electron chi connectivity index (χ3n) is 7.75. The average molecular weight is 668 g/mol. The lowest BCUT2D eigenvalue weighted by Gasteiger charge is -2.36. The number of aliphatic hydroxyl groups excluding tert-OH is 3. The molecular weight excluding hydrogens is 633 g/mol. The molecule has 2 aromatic rings. The number of likely N-dealkylation sites (tertiary alicyclic amines) is 1. The van der Waals surface area contributed by atoms with Crippen LogP contribution in [0.3, 0.4) is 0 Å². The van der Waals surface area contributed by atoms with E-state index in [1.807, 2.05) is 59.2 Å². The fourth-order valence-corrected chi connectivity index (χ4v) is 7.10. The number of rotatable bonds is 11. The van der Waals surface area contributed by atoms with Gasteiger partial charge in [-0.25, -0.2) is 0 Å². The number of thiophene rings is 1. The molecule has 0 bridgehead atoms. The van der Waals surface area contributed by atoms with Crippen molar-refractivity contribution in [3.8, 4) is 11.5 Å². The van der Waals surface area contributed by atoms with E-state index >= 15 is 0 Å². The van der Waals surface area contributed by atoms with Gasteiger partial charge in [0.15, 0.2) is 11.5 Å². The van der Waals surface area contributed by atoms with Crippen LogP contribution >= 0.6 is 33.9 Å². The van der Waals surface area contributed by atoms with Crippen molar-refractivity contribution in [1.29, 1.82) is 0 Å². The van der Waals surface area contributed by atoms with Crippen LogP contribution in [0.5, 0.6) is 11.5 Å². The smallest absolute Gasteiger partial charge is 0.234 e. The van der Waals surface area contributed by atoms with E-state index in [1.54, 1.807) is 6.07 Å².